The van der Waals surface area contributed by atoms with Crippen molar-refractivity contribution < 1.29 is 13.3 Å². The Morgan fingerprint density at radius 1 is 0.263 bits per heavy atom. The summed E-state index contributed by atoms with van der Waals surface area (Å²) >= 11 is 0. The van der Waals surface area contributed by atoms with Crippen LogP contribution >= 0.6 is 0 Å². The standard InChI is InChI=1S/C51H29N3O3/c1-3-11-30(12-4-1)32-22-25-42-39(27-32)47-35(16-9-19-44(47)55-42)33-23-26-43-40(28-33)48-38(17-10-20-45(48)56-43)51-53-49(31-13-5-2-6-14-31)52-50(54-51)34-21-24-37-36-15-7-8-18-41(36)57-46(37)29-34/h1-29H. The van der Waals surface area contributed by atoms with E-state index in [0.29, 0.717) is 17.5 Å². The van der Waals surface area contributed by atoms with Gasteiger partial charge in [-0.05, 0) is 76.9 Å². The van der Waals surface area contributed by atoms with Gasteiger partial charge in [-0.3, -0.25) is 0 Å². The molecule has 0 saturated carbocycles. The molecular formula is C51H29N3O3. The topological polar surface area (TPSA) is 78.1 Å². The molecule has 8 aromatic carbocycles. The largest absolute Gasteiger partial charge is 0.456 e. The number of furan rings is 3. The molecule has 266 valence electrons. The Balaban J connectivity index is 1.05. The van der Waals surface area contributed by atoms with Crippen molar-refractivity contribution in [2.75, 3.05) is 0 Å². The third-order valence-corrected chi connectivity index (χ3v) is 11.0. The third kappa shape index (κ3) is 5.08. The van der Waals surface area contributed by atoms with Gasteiger partial charge < -0.3 is 13.3 Å². The first-order valence-electron chi connectivity index (χ1n) is 18.9. The molecule has 4 aromatic heterocycles. The number of aromatic nitrogens is 3. The van der Waals surface area contributed by atoms with Gasteiger partial charge in [0.15, 0.2) is 17.5 Å². The van der Waals surface area contributed by atoms with Crippen LogP contribution in [-0.4, -0.2) is 15.0 Å². The normalized spacial score (nSPS) is 11.9. The first-order chi connectivity index (χ1) is 28.2. The van der Waals surface area contributed by atoms with Gasteiger partial charge in [0.25, 0.3) is 0 Å². The zero-order valence-corrected chi connectivity index (χ0v) is 30.3. The van der Waals surface area contributed by atoms with E-state index < -0.39 is 0 Å². The Bertz CT molecular complexity index is 3530. The molecule has 6 nitrogen and oxygen atoms in total. The van der Waals surface area contributed by atoms with Crippen molar-refractivity contribution in [3.05, 3.63) is 176 Å². The Hall–Kier alpha value is -7.83. The molecule has 0 radical (unpaired) electrons. The second-order valence-electron chi connectivity index (χ2n) is 14.3. The molecule has 57 heavy (non-hydrogen) atoms. The molecule has 12 aromatic rings. The zero-order chi connectivity index (χ0) is 37.5. The first-order valence-corrected chi connectivity index (χ1v) is 18.9. The lowest BCUT2D eigenvalue weighted by atomic mass is 9.96. The van der Waals surface area contributed by atoms with E-state index in [9.17, 15) is 0 Å². The molecule has 0 bridgehead atoms. The second-order valence-corrected chi connectivity index (χ2v) is 14.3. The number of rotatable bonds is 5. The van der Waals surface area contributed by atoms with E-state index in [1.807, 2.05) is 78.9 Å². The number of nitrogens with zero attached hydrogens (tertiary/aromatic N) is 3. The minimum atomic E-state index is 0.554. The average Bonchev–Trinajstić information content (AvgIpc) is 3.97. The molecular weight excluding hydrogens is 703 g/mol. The molecule has 0 amide bonds. The third-order valence-electron chi connectivity index (χ3n) is 11.0. The summed E-state index contributed by atoms with van der Waals surface area (Å²) in [5.41, 5.74) is 11.9. The van der Waals surface area contributed by atoms with Gasteiger partial charge in [-0.15, -0.1) is 0 Å². The van der Waals surface area contributed by atoms with Crippen LogP contribution in [0.2, 0.25) is 0 Å². The van der Waals surface area contributed by atoms with Crippen molar-refractivity contribution in [3.8, 4) is 56.4 Å². The molecule has 0 N–H and O–H groups in total. The van der Waals surface area contributed by atoms with Gasteiger partial charge in [-0.25, -0.2) is 15.0 Å². The van der Waals surface area contributed by atoms with E-state index >= 15 is 0 Å². The van der Waals surface area contributed by atoms with E-state index in [1.165, 1.54) is 0 Å². The smallest absolute Gasteiger partial charge is 0.164 e. The predicted molar refractivity (Wildman–Crippen MR) is 229 cm³/mol. The van der Waals surface area contributed by atoms with Crippen LogP contribution in [-0.2, 0) is 0 Å². The summed E-state index contributed by atoms with van der Waals surface area (Å²) in [6.45, 7) is 0. The molecule has 6 heteroatoms. The monoisotopic (exact) mass is 731 g/mol. The van der Waals surface area contributed by atoms with Crippen molar-refractivity contribution in [2.24, 2.45) is 0 Å². The van der Waals surface area contributed by atoms with Crippen LogP contribution in [0.25, 0.3) is 122 Å². The van der Waals surface area contributed by atoms with Crippen LogP contribution in [0.15, 0.2) is 189 Å². The Morgan fingerprint density at radius 2 is 0.772 bits per heavy atom. The summed E-state index contributed by atoms with van der Waals surface area (Å²) in [6.07, 6.45) is 0. The maximum atomic E-state index is 6.52. The van der Waals surface area contributed by atoms with Gasteiger partial charge in [0, 0.05) is 49.0 Å². The molecule has 0 atom stereocenters. The van der Waals surface area contributed by atoms with E-state index in [4.69, 9.17) is 28.2 Å². The molecule has 0 saturated heterocycles. The summed E-state index contributed by atoms with van der Waals surface area (Å²) in [5, 5.41) is 6.19. The SMILES string of the molecule is c1ccc(-c2ccc3oc4cccc(-c5ccc6oc7cccc(-c8nc(-c9ccccc9)nc(-c9ccc%10c(c9)oc9ccccc9%10)n8)c7c6c5)c4c3c2)cc1. The molecule has 0 spiro atoms. The van der Waals surface area contributed by atoms with Crippen molar-refractivity contribution >= 4 is 65.8 Å². The quantitative estimate of drug-likeness (QED) is 0.175. The number of fused-ring (bicyclic) bond motifs is 9. The van der Waals surface area contributed by atoms with Gasteiger partial charge in [0.1, 0.15) is 33.5 Å². The van der Waals surface area contributed by atoms with Crippen molar-refractivity contribution in [1.29, 1.82) is 0 Å². The fourth-order valence-corrected chi connectivity index (χ4v) is 8.27. The first kappa shape index (κ1) is 31.5. The summed E-state index contributed by atoms with van der Waals surface area (Å²) in [4.78, 5) is 15.3. The Kier molecular flexibility index (Phi) is 6.83. The predicted octanol–water partition coefficient (Wildman–Crippen LogP) is 13.9. The molecule has 0 aliphatic rings. The maximum Gasteiger partial charge on any atom is 0.164 e. The summed E-state index contributed by atoms with van der Waals surface area (Å²) in [6, 6.07) is 59.9. The van der Waals surface area contributed by atoms with Gasteiger partial charge >= 0.3 is 0 Å². The van der Waals surface area contributed by atoms with Crippen molar-refractivity contribution in [2.45, 2.75) is 0 Å². The van der Waals surface area contributed by atoms with Crippen LogP contribution < -0.4 is 0 Å². The number of para-hydroxylation sites is 1. The minimum Gasteiger partial charge on any atom is -0.456 e. The number of hydrogen-bond donors (Lipinski definition) is 0. The highest BCUT2D eigenvalue weighted by Gasteiger charge is 2.20. The lowest BCUT2D eigenvalue weighted by Gasteiger charge is -2.09. The second kappa shape index (κ2) is 12.3. The summed E-state index contributed by atoms with van der Waals surface area (Å²) < 4.78 is 19.2. The summed E-state index contributed by atoms with van der Waals surface area (Å²) in [7, 11) is 0. The number of hydrogen-bond acceptors (Lipinski definition) is 6. The summed E-state index contributed by atoms with van der Waals surface area (Å²) in [5.74, 6) is 1.69. The highest BCUT2D eigenvalue weighted by atomic mass is 16.3. The van der Waals surface area contributed by atoms with Crippen LogP contribution in [0.5, 0.6) is 0 Å². The highest BCUT2D eigenvalue weighted by molar-refractivity contribution is 6.16. The Labute approximate surface area is 325 Å². The van der Waals surface area contributed by atoms with Crippen LogP contribution in [0.1, 0.15) is 0 Å². The van der Waals surface area contributed by atoms with Gasteiger partial charge in [-0.1, -0.05) is 121 Å². The van der Waals surface area contributed by atoms with Crippen molar-refractivity contribution in [3.63, 3.8) is 0 Å². The number of benzene rings is 8. The van der Waals surface area contributed by atoms with Crippen LogP contribution in [0, 0.1) is 0 Å². The average molecular weight is 732 g/mol. The highest BCUT2D eigenvalue weighted by Crippen LogP contribution is 2.42. The van der Waals surface area contributed by atoms with E-state index in [0.717, 1.165) is 105 Å². The lowest BCUT2D eigenvalue weighted by Crippen LogP contribution is -2.00. The minimum absolute atomic E-state index is 0.554. The van der Waals surface area contributed by atoms with E-state index in [2.05, 4.69) is 97.1 Å². The molecule has 4 heterocycles. The molecule has 0 unspecified atom stereocenters. The van der Waals surface area contributed by atoms with Gasteiger partial charge in [0.2, 0.25) is 0 Å². The molecule has 12 rings (SSSR count). The van der Waals surface area contributed by atoms with Gasteiger partial charge in [0.05, 0.1) is 0 Å². The fourth-order valence-electron chi connectivity index (χ4n) is 8.27. The zero-order valence-electron chi connectivity index (χ0n) is 30.3. The molecule has 0 aliphatic carbocycles. The fraction of sp³-hybridized carbons (Fsp3) is 0. The van der Waals surface area contributed by atoms with E-state index in [1.54, 1.807) is 0 Å². The molecule has 0 fully saturated rings. The van der Waals surface area contributed by atoms with Crippen LogP contribution in [0.3, 0.4) is 0 Å². The van der Waals surface area contributed by atoms with Crippen molar-refractivity contribution in [1.82, 2.24) is 15.0 Å². The van der Waals surface area contributed by atoms with Gasteiger partial charge in [-0.2, -0.15) is 0 Å². The Morgan fingerprint density at radius 3 is 1.53 bits per heavy atom. The maximum absolute atomic E-state index is 6.52. The molecule has 0 aliphatic heterocycles. The van der Waals surface area contributed by atoms with Crippen LogP contribution in [0.4, 0.5) is 0 Å². The lowest BCUT2D eigenvalue weighted by molar-refractivity contribution is 0.668. The van der Waals surface area contributed by atoms with E-state index in [-0.39, 0.29) is 0 Å².